The molecular weight excluding hydrogens is 359 g/mol. The van der Waals surface area contributed by atoms with Crippen molar-refractivity contribution in [3.63, 3.8) is 0 Å². The minimum absolute atomic E-state index is 0.101. The van der Waals surface area contributed by atoms with Crippen molar-refractivity contribution in [2.75, 3.05) is 0 Å². The van der Waals surface area contributed by atoms with Gasteiger partial charge in [0, 0.05) is 18.1 Å². The second-order valence-corrected chi connectivity index (χ2v) is 6.35. The van der Waals surface area contributed by atoms with Gasteiger partial charge in [-0.3, -0.25) is 4.79 Å². The third kappa shape index (κ3) is 3.84. The normalized spacial score (nSPS) is 19.1. The van der Waals surface area contributed by atoms with Gasteiger partial charge in [-0.25, -0.2) is 23.1 Å². The molecule has 0 bridgehead atoms. The van der Waals surface area contributed by atoms with Crippen molar-refractivity contribution in [2.24, 2.45) is 10.7 Å². The molecule has 0 aliphatic carbocycles. The summed E-state index contributed by atoms with van der Waals surface area (Å²) >= 11 is 0. The van der Waals surface area contributed by atoms with E-state index < -0.39 is 34.5 Å². The summed E-state index contributed by atoms with van der Waals surface area (Å²) in [7, 11) is 0. The Morgan fingerprint density at radius 2 is 1.96 bits per heavy atom. The molecule has 27 heavy (non-hydrogen) atoms. The number of allylic oxidation sites excluding steroid dienone is 1. The molecule has 1 aliphatic heterocycles. The zero-order valence-corrected chi connectivity index (χ0v) is 14.6. The van der Waals surface area contributed by atoms with Crippen LogP contribution in [0.4, 0.5) is 13.2 Å². The van der Waals surface area contributed by atoms with Gasteiger partial charge in [0.2, 0.25) is 0 Å². The summed E-state index contributed by atoms with van der Waals surface area (Å²) < 4.78 is 46.3. The number of nitrogens with zero attached hydrogens (tertiary/aromatic N) is 2. The Bertz CT molecular complexity index is 968. The molecule has 1 aromatic carbocycles. The van der Waals surface area contributed by atoms with Crippen LogP contribution in [-0.2, 0) is 16.7 Å². The molecule has 140 valence electrons. The number of halogens is 3. The Morgan fingerprint density at radius 1 is 1.22 bits per heavy atom. The number of ether oxygens (including phenoxy) is 1. The Balaban J connectivity index is 1.94. The number of carbonyl (C=O) groups excluding carboxylic acids is 1. The van der Waals surface area contributed by atoms with Crippen LogP contribution in [0.5, 0.6) is 0 Å². The lowest BCUT2D eigenvalue weighted by Gasteiger charge is -2.27. The molecule has 1 atom stereocenters. The molecule has 0 spiro atoms. The molecule has 0 saturated carbocycles. The number of amidine groups is 1. The molecule has 2 aromatic rings. The first-order valence-corrected chi connectivity index (χ1v) is 8.04. The highest BCUT2D eigenvalue weighted by molar-refractivity contribution is 5.96. The van der Waals surface area contributed by atoms with E-state index in [9.17, 15) is 18.0 Å². The molecule has 2 N–H and O–H groups in total. The SMILES string of the molecule is CC1=C[C@@](C)(c2cc(CC(=O)c3ncc(F)cc3F)ccc2F)N=C(N)O1. The number of ketones is 1. The van der Waals surface area contributed by atoms with Crippen LogP contribution >= 0.6 is 0 Å². The summed E-state index contributed by atoms with van der Waals surface area (Å²) in [5.41, 5.74) is 4.66. The van der Waals surface area contributed by atoms with E-state index in [-0.39, 0.29) is 18.0 Å². The van der Waals surface area contributed by atoms with E-state index in [0.717, 1.165) is 6.20 Å². The standard InChI is InChI=1S/C19H16F3N3O2/c1-10-8-19(2,25-18(23)27-10)13-5-11(3-4-14(13)21)6-16(26)17-15(22)7-12(20)9-24-17/h3-5,7-9H,6H2,1-2H3,(H2,23,25)/t19-/m0/s1. The fourth-order valence-electron chi connectivity index (χ4n) is 2.97. The van der Waals surface area contributed by atoms with Crippen LogP contribution in [0, 0.1) is 17.5 Å². The molecule has 0 saturated heterocycles. The smallest absolute Gasteiger partial charge is 0.288 e. The van der Waals surface area contributed by atoms with Crippen LogP contribution in [0.2, 0.25) is 0 Å². The van der Waals surface area contributed by atoms with Crippen molar-refractivity contribution in [3.05, 3.63) is 76.6 Å². The second-order valence-electron chi connectivity index (χ2n) is 6.35. The lowest BCUT2D eigenvalue weighted by Crippen LogP contribution is -2.30. The van der Waals surface area contributed by atoms with Crippen LogP contribution in [-0.4, -0.2) is 16.8 Å². The largest absolute Gasteiger partial charge is 0.431 e. The zero-order valence-electron chi connectivity index (χ0n) is 14.6. The van der Waals surface area contributed by atoms with Gasteiger partial charge in [0.1, 0.15) is 28.6 Å². The van der Waals surface area contributed by atoms with E-state index >= 15 is 0 Å². The maximum atomic E-state index is 14.4. The minimum Gasteiger partial charge on any atom is -0.431 e. The van der Waals surface area contributed by atoms with Gasteiger partial charge < -0.3 is 10.5 Å². The summed E-state index contributed by atoms with van der Waals surface area (Å²) in [4.78, 5) is 20.0. The van der Waals surface area contributed by atoms with Crippen molar-refractivity contribution in [1.29, 1.82) is 0 Å². The van der Waals surface area contributed by atoms with Crippen molar-refractivity contribution >= 4 is 11.8 Å². The van der Waals surface area contributed by atoms with Crippen molar-refractivity contribution < 1.29 is 22.7 Å². The Morgan fingerprint density at radius 3 is 2.63 bits per heavy atom. The van der Waals surface area contributed by atoms with Gasteiger partial charge in [-0.15, -0.1) is 0 Å². The first kappa shape index (κ1) is 18.6. The maximum absolute atomic E-state index is 14.4. The first-order valence-electron chi connectivity index (χ1n) is 8.04. The summed E-state index contributed by atoms with van der Waals surface area (Å²) in [5, 5.41) is 0. The maximum Gasteiger partial charge on any atom is 0.288 e. The molecular formula is C19H16F3N3O2. The minimum atomic E-state index is -1.12. The van der Waals surface area contributed by atoms with Gasteiger partial charge in [0.25, 0.3) is 6.02 Å². The number of rotatable bonds is 4. The van der Waals surface area contributed by atoms with E-state index in [1.807, 2.05) is 0 Å². The van der Waals surface area contributed by atoms with Gasteiger partial charge >= 0.3 is 0 Å². The second kappa shape index (κ2) is 6.86. The summed E-state index contributed by atoms with van der Waals surface area (Å²) in [5.74, 6) is -2.66. The molecule has 2 heterocycles. The number of hydrogen-bond acceptors (Lipinski definition) is 5. The molecule has 0 fully saturated rings. The lowest BCUT2D eigenvalue weighted by molar-refractivity contribution is 0.0983. The Labute approximate surface area is 153 Å². The summed E-state index contributed by atoms with van der Waals surface area (Å²) in [6.45, 7) is 3.31. The first-order chi connectivity index (χ1) is 12.7. The number of hydrogen-bond donors (Lipinski definition) is 1. The van der Waals surface area contributed by atoms with Crippen LogP contribution in [0.3, 0.4) is 0 Å². The van der Waals surface area contributed by atoms with E-state index in [0.29, 0.717) is 17.4 Å². The van der Waals surface area contributed by atoms with Crippen molar-refractivity contribution in [1.82, 2.24) is 4.98 Å². The van der Waals surface area contributed by atoms with E-state index in [1.165, 1.54) is 18.2 Å². The molecule has 1 aliphatic rings. The van der Waals surface area contributed by atoms with Gasteiger partial charge in [-0.1, -0.05) is 6.07 Å². The average molecular weight is 375 g/mol. The monoisotopic (exact) mass is 375 g/mol. The number of pyridine rings is 1. The van der Waals surface area contributed by atoms with Crippen molar-refractivity contribution in [3.8, 4) is 0 Å². The van der Waals surface area contributed by atoms with Crippen LogP contribution in [0.15, 0.2) is 47.3 Å². The number of Topliss-reactive ketones (excluding diaryl/α,β-unsaturated/α-hetero) is 1. The molecule has 3 rings (SSSR count). The van der Waals surface area contributed by atoms with E-state index in [4.69, 9.17) is 10.5 Å². The van der Waals surface area contributed by atoms with Crippen LogP contribution in [0.1, 0.15) is 35.5 Å². The van der Waals surface area contributed by atoms with Gasteiger partial charge in [-0.05, 0) is 37.6 Å². The van der Waals surface area contributed by atoms with Gasteiger partial charge in [0.15, 0.2) is 11.6 Å². The highest BCUT2D eigenvalue weighted by Gasteiger charge is 2.31. The zero-order chi connectivity index (χ0) is 19.8. The summed E-state index contributed by atoms with van der Waals surface area (Å²) in [6.07, 6.45) is 2.13. The predicted octanol–water partition coefficient (Wildman–Crippen LogP) is 3.39. The molecule has 5 nitrogen and oxygen atoms in total. The van der Waals surface area contributed by atoms with Crippen LogP contribution < -0.4 is 5.73 Å². The Kier molecular flexibility index (Phi) is 4.73. The topological polar surface area (TPSA) is 77.6 Å². The fraction of sp³-hybridized carbons (Fsp3) is 0.211. The number of aromatic nitrogens is 1. The van der Waals surface area contributed by atoms with Gasteiger partial charge in [-0.2, -0.15) is 0 Å². The molecule has 0 radical (unpaired) electrons. The predicted molar refractivity (Wildman–Crippen MR) is 92.4 cm³/mol. The highest BCUT2D eigenvalue weighted by Crippen LogP contribution is 2.34. The number of carbonyl (C=O) groups is 1. The Hall–Kier alpha value is -3.16. The summed E-state index contributed by atoms with van der Waals surface area (Å²) in [6, 6.07) is 4.55. The average Bonchev–Trinajstić information content (AvgIpc) is 2.55. The van der Waals surface area contributed by atoms with Crippen LogP contribution in [0.25, 0.3) is 0 Å². The quantitative estimate of drug-likeness (QED) is 0.831. The van der Waals surface area contributed by atoms with Crippen molar-refractivity contribution in [2.45, 2.75) is 25.8 Å². The van der Waals surface area contributed by atoms with E-state index in [1.54, 1.807) is 19.9 Å². The molecule has 0 unspecified atom stereocenters. The fourth-order valence-corrected chi connectivity index (χ4v) is 2.97. The number of nitrogens with two attached hydrogens (primary N) is 1. The van der Waals surface area contributed by atoms with E-state index in [2.05, 4.69) is 9.98 Å². The molecule has 0 amide bonds. The third-order valence-corrected chi connectivity index (χ3v) is 4.11. The number of aliphatic imine (C=N–C) groups is 1. The highest BCUT2D eigenvalue weighted by atomic mass is 19.1. The molecule has 8 heteroatoms. The lowest BCUT2D eigenvalue weighted by atomic mass is 9.88. The molecule has 1 aromatic heterocycles. The number of benzene rings is 1. The third-order valence-electron chi connectivity index (χ3n) is 4.11. The van der Waals surface area contributed by atoms with Gasteiger partial charge in [0.05, 0.1) is 6.20 Å².